The fraction of sp³-hybridized carbons (Fsp3) is 0.545. The SMILES string of the molecule is N#CC1=C(S)NC(=O)C(C#N)C12CCCC2. The number of hydrogen-bond acceptors (Lipinski definition) is 4. The molecule has 1 saturated carbocycles. The molecule has 82 valence electrons. The summed E-state index contributed by atoms with van der Waals surface area (Å²) in [4.78, 5) is 11.7. The molecule has 1 aliphatic carbocycles. The van der Waals surface area contributed by atoms with Gasteiger partial charge in [0.15, 0.2) is 0 Å². The molecule has 1 N–H and O–H groups in total. The summed E-state index contributed by atoms with van der Waals surface area (Å²) in [6, 6.07) is 4.15. The molecule has 2 rings (SSSR count). The first kappa shape index (κ1) is 11.0. The van der Waals surface area contributed by atoms with Gasteiger partial charge in [-0.3, -0.25) is 4.79 Å². The van der Waals surface area contributed by atoms with E-state index in [1.54, 1.807) is 0 Å². The zero-order valence-electron chi connectivity index (χ0n) is 8.66. The van der Waals surface area contributed by atoms with Crippen LogP contribution in [-0.2, 0) is 4.79 Å². The number of nitrogens with zero attached hydrogens (tertiary/aromatic N) is 2. The summed E-state index contributed by atoms with van der Waals surface area (Å²) in [5, 5.41) is 21.1. The molecular formula is C11H11N3OS. The van der Waals surface area contributed by atoms with Crippen molar-refractivity contribution < 1.29 is 4.79 Å². The predicted octanol–water partition coefficient (Wildman–Crippen LogP) is 1.48. The molecule has 1 spiro atoms. The van der Waals surface area contributed by atoms with Crippen LogP contribution in [0.2, 0.25) is 0 Å². The van der Waals surface area contributed by atoms with E-state index in [0.29, 0.717) is 10.6 Å². The number of thiol groups is 1. The van der Waals surface area contributed by atoms with E-state index in [0.717, 1.165) is 25.7 Å². The average Bonchev–Trinajstić information content (AvgIpc) is 2.68. The summed E-state index contributed by atoms with van der Waals surface area (Å²) in [5.74, 6) is -1.08. The Morgan fingerprint density at radius 3 is 2.50 bits per heavy atom. The Labute approximate surface area is 99.3 Å². The first-order valence-electron chi connectivity index (χ1n) is 5.20. The molecule has 16 heavy (non-hydrogen) atoms. The van der Waals surface area contributed by atoms with E-state index in [4.69, 9.17) is 10.5 Å². The van der Waals surface area contributed by atoms with Gasteiger partial charge in [0.2, 0.25) is 5.91 Å². The smallest absolute Gasteiger partial charge is 0.243 e. The van der Waals surface area contributed by atoms with Gasteiger partial charge in [-0.2, -0.15) is 10.5 Å². The molecule has 1 atom stereocenters. The zero-order valence-corrected chi connectivity index (χ0v) is 9.55. The number of rotatable bonds is 0. The maximum absolute atomic E-state index is 11.7. The van der Waals surface area contributed by atoms with E-state index in [1.165, 1.54) is 0 Å². The van der Waals surface area contributed by atoms with Crippen molar-refractivity contribution in [2.45, 2.75) is 25.7 Å². The van der Waals surface area contributed by atoms with Crippen LogP contribution in [0, 0.1) is 34.0 Å². The van der Waals surface area contributed by atoms with E-state index >= 15 is 0 Å². The van der Waals surface area contributed by atoms with Gasteiger partial charge < -0.3 is 5.32 Å². The minimum Gasteiger partial charge on any atom is -0.319 e. The van der Waals surface area contributed by atoms with Gasteiger partial charge >= 0.3 is 0 Å². The fourth-order valence-corrected chi connectivity index (χ4v) is 3.16. The van der Waals surface area contributed by atoms with Crippen LogP contribution in [0.25, 0.3) is 0 Å². The summed E-state index contributed by atoms with van der Waals surface area (Å²) in [6.45, 7) is 0. The lowest BCUT2D eigenvalue weighted by Crippen LogP contribution is -2.45. The molecule has 4 nitrogen and oxygen atoms in total. The second-order valence-electron chi connectivity index (χ2n) is 4.25. The maximum Gasteiger partial charge on any atom is 0.243 e. The lowest BCUT2D eigenvalue weighted by molar-refractivity contribution is -0.126. The van der Waals surface area contributed by atoms with Crippen molar-refractivity contribution in [1.29, 1.82) is 10.5 Å². The highest BCUT2D eigenvalue weighted by Crippen LogP contribution is 2.52. The Balaban J connectivity index is 2.58. The molecule has 0 radical (unpaired) electrons. The average molecular weight is 233 g/mol. The zero-order chi connectivity index (χ0) is 11.8. The molecule has 1 heterocycles. The summed E-state index contributed by atoms with van der Waals surface area (Å²) in [7, 11) is 0. The Kier molecular flexibility index (Phi) is 2.65. The third-order valence-electron chi connectivity index (χ3n) is 3.53. The second kappa shape index (κ2) is 3.84. The van der Waals surface area contributed by atoms with E-state index in [-0.39, 0.29) is 5.91 Å². The van der Waals surface area contributed by atoms with Gasteiger partial charge in [0.25, 0.3) is 0 Å². The van der Waals surface area contributed by atoms with Crippen molar-refractivity contribution in [2.75, 3.05) is 0 Å². The fourth-order valence-electron chi connectivity index (χ4n) is 2.77. The highest BCUT2D eigenvalue weighted by molar-refractivity contribution is 7.84. The van der Waals surface area contributed by atoms with Crippen LogP contribution in [0.5, 0.6) is 0 Å². The van der Waals surface area contributed by atoms with E-state index in [1.807, 2.05) is 6.07 Å². The summed E-state index contributed by atoms with van der Waals surface area (Å²) in [5.41, 5.74) is -0.109. The Bertz CT molecular complexity index is 449. The van der Waals surface area contributed by atoms with Crippen molar-refractivity contribution >= 4 is 18.5 Å². The number of carbonyl (C=O) groups is 1. The first-order chi connectivity index (χ1) is 7.65. The molecule has 2 aliphatic rings. The molecule has 1 aliphatic heterocycles. The molecule has 1 amide bonds. The Hall–Kier alpha value is -1.46. The lowest BCUT2D eigenvalue weighted by atomic mass is 9.67. The number of hydrogen-bond donors (Lipinski definition) is 2. The third-order valence-corrected chi connectivity index (χ3v) is 3.86. The van der Waals surface area contributed by atoms with Crippen LogP contribution in [-0.4, -0.2) is 5.91 Å². The molecule has 5 heteroatoms. The normalized spacial score (nSPS) is 27.4. The van der Waals surface area contributed by atoms with Crippen LogP contribution in [0.4, 0.5) is 0 Å². The maximum atomic E-state index is 11.7. The van der Waals surface area contributed by atoms with Crippen molar-refractivity contribution in [3.05, 3.63) is 10.6 Å². The molecule has 0 aromatic carbocycles. The monoisotopic (exact) mass is 233 g/mol. The van der Waals surface area contributed by atoms with Crippen molar-refractivity contribution in [3.63, 3.8) is 0 Å². The standard InChI is InChI=1S/C11H11N3OS/c12-5-7-9(15)14-10(16)8(6-13)11(7)3-1-2-4-11/h7,16H,1-4H2,(H,14,15). The quantitative estimate of drug-likeness (QED) is 0.622. The molecular weight excluding hydrogens is 222 g/mol. The van der Waals surface area contributed by atoms with E-state index in [2.05, 4.69) is 24.0 Å². The highest BCUT2D eigenvalue weighted by Gasteiger charge is 2.51. The van der Waals surface area contributed by atoms with Gasteiger partial charge in [0, 0.05) is 5.41 Å². The predicted molar refractivity (Wildman–Crippen MR) is 59.8 cm³/mol. The summed E-state index contributed by atoms with van der Waals surface area (Å²) >= 11 is 4.14. The van der Waals surface area contributed by atoms with Gasteiger partial charge in [-0.1, -0.05) is 12.8 Å². The van der Waals surface area contributed by atoms with Gasteiger partial charge in [0.1, 0.15) is 5.92 Å². The van der Waals surface area contributed by atoms with E-state index in [9.17, 15) is 4.79 Å². The number of carbonyl (C=O) groups excluding carboxylic acids is 1. The number of allylic oxidation sites excluding steroid dienone is 1. The minimum atomic E-state index is -0.749. The molecule has 0 aromatic heterocycles. The lowest BCUT2D eigenvalue weighted by Gasteiger charge is -2.36. The Morgan fingerprint density at radius 2 is 2.00 bits per heavy atom. The minimum absolute atomic E-state index is 0.320. The van der Waals surface area contributed by atoms with Gasteiger partial charge in [-0.25, -0.2) is 0 Å². The van der Waals surface area contributed by atoms with Crippen LogP contribution >= 0.6 is 12.6 Å². The van der Waals surface area contributed by atoms with Gasteiger partial charge in [-0.05, 0) is 12.8 Å². The van der Waals surface area contributed by atoms with Crippen LogP contribution < -0.4 is 5.32 Å². The largest absolute Gasteiger partial charge is 0.319 e. The topological polar surface area (TPSA) is 76.7 Å². The van der Waals surface area contributed by atoms with Crippen molar-refractivity contribution in [2.24, 2.45) is 11.3 Å². The van der Waals surface area contributed by atoms with Crippen LogP contribution in [0.3, 0.4) is 0 Å². The molecule has 0 saturated heterocycles. The first-order valence-corrected chi connectivity index (χ1v) is 5.65. The number of nitriles is 2. The summed E-state index contributed by atoms with van der Waals surface area (Å²) < 4.78 is 0. The molecule has 1 fully saturated rings. The molecule has 1 unspecified atom stereocenters. The molecule has 0 bridgehead atoms. The highest BCUT2D eigenvalue weighted by atomic mass is 32.1. The van der Waals surface area contributed by atoms with Crippen LogP contribution in [0.1, 0.15) is 25.7 Å². The van der Waals surface area contributed by atoms with Crippen LogP contribution in [0.15, 0.2) is 10.6 Å². The van der Waals surface area contributed by atoms with Crippen molar-refractivity contribution in [1.82, 2.24) is 5.32 Å². The van der Waals surface area contributed by atoms with Gasteiger partial charge in [-0.15, -0.1) is 12.6 Å². The molecule has 0 aromatic rings. The summed E-state index contributed by atoms with van der Waals surface area (Å²) in [6.07, 6.45) is 3.37. The number of nitrogens with one attached hydrogen (secondary N) is 1. The third kappa shape index (κ3) is 1.32. The Morgan fingerprint density at radius 1 is 1.38 bits per heavy atom. The second-order valence-corrected chi connectivity index (χ2v) is 4.70. The number of amides is 1. The van der Waals surface area contributed by atoms with E-state index < -0.39 is 11.3 Å². The van der Waals surface area contributed by atoms with Crippen molar-refractivity contribution in [3.8, 4) is 12.1 Å². The van der Waals surface area contributed by atoms with Gasteiger partial charge in [0.05, 0.1) is 22.7 Å².